The van der Waals surface area contributed by atoms with Crippen LogP contribution in [0.2, 0.25) is 0 Å². The van der Waals surface area contributed by atoms with E-state index in [9.17, 15) is 18.0 Å². The number of halogens is 3. The Morgan fingerprint density at radius 2 is 1.67 bits per heavy atom. The zero-order chi connectivity index (χ0) is 17.2. The van der Waals surface area contributed by atoms with Crippen LogP contribution in [0.4, 0.5) is 13.2 Å². The summed E-state index contributed by atoms with van der Waals surface area (Å²) in [4.78, 5) is 12.5. The van der Waals surface area contributed by atoms with Crippen molar-refractivity contribution in [3.05, 3.63) is 65.7 Å². The van der Waals surface area contributed by atoms with Crippen LogP contribution in [0.3, 0.4) is 0 Å². The standard InChI is InChI=1S/C18H16F3NO2/c19-18(20,21)24-15-9-5-4-6-13(15)12-22-16(23)17(10-11-17)14-7-2-1-3-8-14/h1-9H,10-12H2,(H,22,23). The Labute approximate surface area is 137 Å². The van der Waals surface area contributed by atoms with Crippen molar-refractivity contribution in [3.63, 3.8) is 0 Å². The predicted octanol–water partition coefficient (Wildman–Crippen LogP) is 3.93. The van der Waals surface area contributed by atoms with E-state index in [1.807, 2.05) is 30.3 Å². The van der Waals surface area contributed by atoms with E-state index in [-0.39, 0.29) is 23.8 Å². The normalized spacial score (nSPS) is 15.6. The molecule has 2 aromatic rings. The minimum absolute atomic E-state index is 0.0142. The molecule has 1 amide bonds. The average molecular weight is 335 g/mol. The molecule has 3 nitrogen and oxygen atoms in total. The highest BCUT2D eigenvalue weighted by atomic mass is 19.4. The SMILES string of the molecule is O=C(NCc1ccccc1OC(F)(F)F)C1(c2ccccc2)CC1. The summed E-state index contributed by atoms with van der Waals surface area (Å²) in [6.45, 7) is -0.0142. The van der Waals surface area contributed by atoms with Crippen molar-refractivity contribution in [2.75, 3.05) is 0 Å². The monoisotopic (exact) mass is 335 g/mol. The number of carbonyl (C=O) groups is 1. The number of carbonyl (C=O) groups excluding carboxylic acids is 1. The lowest BCUT2D eigenvalue weighted by atomic mass is 9.95. The molecule has 0 atom stereocenters. The van der Waals surface area contributed by atoms with Crippen LogP contribution in [0.1, 0.15) is 24.0 Å². The number of ether oxygens (including phenoxy) is 1. The molecule has 0 aliphatic heterocycles. The molecule has 0 saturated heterocycles. The molecule has 1 N–H and O–H groups in total. The zero-order valence-electron chi connectivity index (χ0n) is 12.8. The van der Waals surface area contributed by atoms with Gasteiger partial charge >= 0.3 is 6.36 Å². The molecule has 1 aliphatic rings. The summed E-state index contributed by atoms with van der Waals surface area (Å²) in [6, 6.07) is 15.2. The third kappa shape index (κ3) is 3.53. The first-order chi connectivity index (χ1) is 11.4. The number of rotatable bonds is 5. The Morgan fingerprint density at radius 1 is 1.04 bits per heavy atom. The van der Waals surface area contributed by atoms with Crippen molar-refractivity contribution < 1.29 is 22.7 Å². The number of benzene rings is 2. The molecule has 3 rings (SSSR count). The van der Waals surface area contributed by atoms with Crippen LogP contribution in [0.5, 0.6) is 5.75 Å². The van der Waals surface area contributed by atoms with Gasteiger partial charge in [0.15, 0.2) is 0 Å². The summed E-state index contributed by atoms with van der Waals surface area (Å²) in [5.41, 5.74) is 0.663. The van der Waals surface area contributed by atoms with Gasteiger partial charge in [0, 0.05) is 12.1 Å². The fraction of sp³-hybridized carbons (Fsp3) is 0.278. The molecule has 0 heterocycles. The summed E-state index contributed by atoms with van der Waals surface area (Å²) in [7, 11) is 0. The van der Waals surface area contributed by atoms with Crippen molar-refractivity contribution in [3.8, 4) is 5.75 Å². The van der Waals surface area contributed by atoms with Crippen LogP contribution in [0.25, 0.3) is 0 Å². The van der Waals surface area contributed by atoms with Gasteiger partial charge in [0.1, 0.15) is 5.75 Å². The second-order valence-corrected chi connectivity index (χ2v) is 5.79. The fourth-order valence-corrected chi connectivity index (χ4v) is 2.75. The van der Waals surface area contributed by atoms with Gasteiger partial charge in [-0.15, -0.1) is 13.2 Å². The van der Waals surface area contributed by atoms with E-state index in [0.29, 0.717) is 0 Å². The lowest BCUT2D eigenvalue weighted by molar-refractivity contribution is -0.274. The Morgan fingerprint density at radius 3 is 2.29 bits per heavy atom. The topological polar surface area (TPSA) is 38.3 Å². The lowest BCUT2D eigenvalue weighted by Gasteiger charge is -2.17. The Balaban J connectivity index is 1.70. The molecule has 1 fully saturated rings. The van der Waals surface area contributed by atoms with Gasteiger partial charge < -0.3 is 10.1 Å². The van der Waals surface area contributed by atoms with Crippen LogP contribution in [0.15, 0.2) is 54.6 Å². The van der Waals surface area contributed by atoms with Crippen LogP contribution >= 0.6 is 0 Å². The zero-order valence-corrected chi connectivity index (χ0v) is 12.8. The highest BCUT2D eigenvalue weighted by molar-refractivity contribution is 5.91. The number of amides is 1. The molecule has 0 unspecified atom stereocenters. The smallest absolute Gasteiger partial charge is 0.405 e. The van der Waals surface area contributed by atoms with E-state index in [1.165, 1.54) is 18.2 Å². The summed E-state index contributed by atoms with van der Waals surface area (Å²) in [5.74, 6) is -0.467. The minimum Gasteiger partial charge on any atom is -0.405 e. The number of nitrogens with one attached hydrogen (secondary N) is 1. The molecule has 0 spiro atoms. The Hall–Kier alpha value is -2.50. The largest absolute Gasteiger partial charge is 0.573 e. The van der Waals surface area contributed by atoms with Gasteiger partial charge in [-0.25, -0.2) is 0 Å². The van der Waals surface area contributed by atoms with Gasteiger partial charge in [-0.05, 0) is 24.5 Å². The average Bonchev–Trinajstić information content (AvgIpc) is 3.35. The van der Waals surface area contributed by atoms with Crippen molar-refractivity contribution in [2.24, 2.45) is 0 Å². The second kappa shape index (κ2) is 6.19. The van der Waals surface area contributed by atoms with Crippen molar-refractivity contribution >= 4 is 5.91 Å². The fourth-order valence-electron chi connectivity index (χ4n) is 2.75. The third-order valence-electron chi connectivity index (χ3n) is 4.15. The molecule has 126 valence electrons. The maximum absolute atomic E-state index is 12.5. The van der Waals surface area contributed by atoms with Crippen LogP contribution in [-0.4, -0.2) is 12.3 Å². The van der Waals surface area contributed by atoms with Gasteiger partial charge in [0.25, 0.3) is 0 Å². The number of hydrogen-bond acceptors (Lipinski definition) is 2. The van der Waals surface area contributed by atoms with Gasteiger partial charge in [0.2, 0.25) is 5.91 Å². The Kier molecular flexibility index (Phi) is 4.22. The number of hydrogen-bond donors (Lipinski definition) is 1. The molecular formula is C18H16F3NO2. The quantitative estimate of drug-likeness (QED) is 0.899. The van der Waals surface area contributed by atoms with E-state index in [2.05, 4.69) is 10.1 Å². The van der Waals surface area contributed by atoms with E-state index >= 15 is 0 Å². The molecule has 2 aromatic carbocycles. The first-order valence-corrected chi connectivity index (χ1v) is 7.58. The number of alkyl halides is 3. The number of para-hydroxylation sites is 1. The maximum atomic E-state index is 12.5. The van der Waals surface area contributed by atoms with E-state index in [1.54, 1.807) is 6.07 Å². The van der Waals surface area contributed by atoms with Crippen molar-refractivity contribution in [2.45, 2.75) is 31.2 Å². The molecule has 6 heteroatoms. The second-order valence-electron chi connectivity index (χ2n) is 5.79. The molecule has 0 radical (unpaired) electrons. The third-order valence-corrected chi connectivity index (χ3v) is 4.15. The summed E-state index contributed by atoms with van der Waals surface area (Å²) >= 11 is 0. The van der Waals surface area contributed by atoms with Gasteiger partial charge in [-0.2, -0.15) is 0 Å². The summed E-state index contributed by atoms with van der Waals surface area (Å²) in [6.07, 6.45) is -3.28. The van der Waals surface area contributed by atoms with E-state index in [0.717, 1.165) is 18.4 Å². The first kappa shape index (κ1) is 16.4. The molecule has 1 aliphatic carbocycles. The van der Waals surface area contributed by atoms with Gasteiger partial charge in [-0.3, -0.25) is 4.79 Å². The van der Waals surface area contributed by atoms with Gasteiger partial charge in [-0.1, -0.05) is 48.5 Å². The minimum atomic E-state index is -4.76. The van der Waals surface area contributed by atoms with Crippen molar-refractivity contribution in [1.82, 2.24) is 5.32 Å². The first-order valence-electron chi connectivity index (χ1n) is 7.58. The predicted molar refractivity (Wildman–Crippen MR) is 82.3 cm³/mol. The van der Waals surface area contributed by atoms with E-state index < -0.39 is 11.8 Å². The Bertz CT molecular complexity index is 725. The lowest BCUT2D eigenvalue weighted by Crippen LogP contribution is -2.34. The van der Waals surface area contributed by atoms with Crippen molar-refractivity contribution in [1.29, 1.82) is 0 Å². The molecule has 0 aromatic heterocycles. The highest BCUT2D eigenvalue weighted by Gasteiger charge is 2.51. The molecule has 1 saturated carbocycles. The van der Waals surface area contributed by atoms with Gasteiger partial charge in [0.05, 0.1) is 5.41 Å². The summed E-state index contributed by atoms with van der Waals surface area (Å²) < 4.78 is 41.3. The highest BCUT2D eigenvalue weighted by Crippen LogP contribution is 2.48. The van der Waals surface area contributed by atoms with Crippen LogP contribution < -0.4 is 10.1 Å². The van der Waals surface area contributed by atoms with Crippen LogP contribution in [-0.2, 0) is 16.8 Å². The summed E-state index contributed by atoms with van der Waals surface area (Å²) in [5, 5.41) is 2.74. The van der Waals surface area contributed by atoms with E-state index in [4.69, 9.17) is 0 Å². The van der Waals surface area contributed by atoms with Crippen LogP contribution in [0, 0.1) is 0 Å². The molecule has 0 bridgehead atoms. The maximum Gasteiger partial charge on any atom is 0.573 e. The molecule has 24 heavy (non-hydrogen) atoms. The molecular weight excluding hydrogens is 319 g/mol.